The molecule has 1 rings (SSSR count). The lowest BCUT2D eigenvalue weighted by molar-refractivity contribution is -0.123. The molecular weight excluding hydrogens is 298 g/mol. The first kappa shape index (κ1) is 15.8. The average molecular weight is 307 g/mol. The Bertz CT molecular complexity index is 566. The maximum absolute atomic E-state index is 13.0. The van der Waals surface area contributed by atoms with Crippen LogP contribution in [-0.4, -0.2) is 31.6 Å². The number of benzene rings is 1. The molecule has 108 valence electrons. The van der Waals surface area contributed by atoms with Crippen LogP contribution < -0.4 is 10.6 Å². The predicted molar refractivity (Wildman–Crippen MR) is 64.2 cm³/mol. The Balaban J connectivity index is 2.66. The molecule has 0 saturated heterocycles. The largest absolute Gasteiger partial charge is 0.452 e. The molecule has 0 unspecified atom stereocenters. The van der Waals surface area contributed by atoms with Crippen LogP contribution in [0.2, 0.25) is 5.02 Å². The molecular formula is C11H9ClF2N2O4. The zero-order valence-electron chi connectivity index (χ0n) is 10.1. The van der Waals surface area contributed by atoms with E-state index in [0.717, 1.165) is 0 Å². The fourth-order valence-corrected chi connectivity index (χ4v) is 1.34. The molecule has 0 aliphatic rings. The Kier molecular flexibility index (Phi) is 5.39. The van der Waals surface area contributed by atoms with Crippen molar-refractivity contribution in [3.63, 3.8) is 0 Å². The van der Waals surface area contributed by atoms with E-state index in [1.807, 2.05) is 5.32 Å². The van der Waals surface area contributed by atoms with Crippen LogP contribution in [0.3, 0.4) is 0 Å². The summed E-state index contributed by atoms with van der Waals surface area (Å²) >= 11 is 5.55. The van der Waals surface area contributed by atoms with Gasteiger partial charge in [-0.1, -0.05) is 11.6 Å². The number of nitrogens with one attached hydrogen (secondary N) is 2. The van der Waals surface area contributed by atoms with Crippen molar-refractivity contribution in [1.82, 2.24) is 10.6 Å². The van der Waals surface area contributed by atoms with E-state index < -0.39 is 41.7 Å². The first-order valence-electron chi connectivity index (χ1n) is 5.18. The normalized spacial score (nSPS) is 9.80. The second-order valence-electron chi connectivity index (χ2n) is 3.45. The number of hydrogen-bond donors (Lipinski definition) is 2. The fourth-order valence-electron chi connectivity index (χ4n) is 1.11. The van der Waals surface area contributed by atoms with Crippen LogP contribution in [0, 0.1) is 11.6 Å². The maximum atomic E-state index is 13.0. The first-order chi connectivity index (χ1) is 9.35. The summed E-state index contributed by atoms with van der Waals surface area (Å²) in [6, 6.07) is 0.381. The molecule has 9 heteroatoms. The van der Waals surface area contributed by atoms with E-state index in [1.54, 1.807) is 0 Å². The lowest BCUT2D eigenvalue weighted by atomic mass is 10.2. The van der Waals surface area contributed by atoms with E-state index in [4.69, 9.17) is 11.6 Å². The summed E-state index contributed by atoms with van der Waals surface area (Å²) in [7, 11) is 1.29. The molecule has 6 nitrogen and oxygen atoms in total. The van der Waals surface area contributed by atoms with E-state index >= 15 is 0 Å². The monoisotopic (exact) mass is 306 g/mol. The molecule has 1 aromatic carbocycles. The van der Waals surface area contributed by atoms with Gasteiger partial charge in [0.2, 0.25) is 0 Å². The molecule has 3 amide bonds. The molecule has 0 heterocycles. The number of rotatable bonds is 3. The molecule has 0 aromatic heterocycles. The molecule has 0 aliphatic carbocycles. The van der Waals surface area contributed by atoms with Crippen molar-refractivity contribution in [1.29, 1.82) is 0 Å². The van der Waals surface area contributed by atoms with Crippen molar-refractivity contribution in [3.8, 4) is 0 Å². The van der Waals surface area contributed by atoms with Gasteiger partial charge in [-0.15, -0.1) is 0 Å². The lowest BCUT2D eigenvalue weighted by Gasteiger charge is -2.07. The SMILES string of the molecule is CNC(=O)NC(=O)COC(=O)c1cc(F)c(F)cc1Cl. The van der Waals surface area contributed by atoms with Crippen LogP contribution in [0.25, 0.3) is 0 Å². The van der Waals surface area contributed by atoms with Crippen molar-refractivity contribution in [3.05, 3.63) is 34.4 Å². The number of carbonyl (C=O) groups is 3. The summed E-state index contributed by atoms with van der Waals surface area (Å²) in [6.07, 6.45) is 0. The first-order valence-corrected chi connectivity index (χ1v) is 5.56. The van der Waals surface area contributed by atoms with Crippen molar-refractivity contribution >= 4 is 29.5 Å². The fraction of sp³-hybridized carbons (Fsp3) is 0.182. The van der Waals surface area contributed by atoms with Crippen LogP contribution in [0.15, 0.2) is 12.1 Å². The van der Waals surface area contributed by atoms with Gasteiger partial charge in [-0.2, -0.15) is 0 Å². The van der Waals surface area contributed by atoms with E-state index in [1.165, 1.54) is 7.05 Å². The molecule has 20 heavy (non-hydrogen) atoms. The Morgan fingerprint density at radius 1 is 1.25 bits per heavy atom. The second kappa shape index (κ2) is 6.80. The third kappa shape index (κ3) is 4.16. The van der Waals surface area contributed by atoms with Gasteiger partial charge in [0.05, 0.1) is 10.6 Å². The standard InChI is InChI=1S/C11H9ClF2N2O4/c1-15-11(19)16-9(17)4-20-10(18)5-2-7(13)8(14)3-6(5)12/h2-3H,4H2,1H3,(H2,15,16,17,19). The minimum absolute atomic E-state index is 0.361. The summed E-state index contributed by atoms with van der Waals surface area (Å²) in [4.78, 5) is 33.4. The summed E-state index contributed by atoms with van der Waals surface area (Å²) in [5.41, 5.74) is -0.432. The molecule has 0 aliphatic heterocycles. The van der Waals surface area contributed by atoms with Crippen LogP contribution in [0.4, 0.5) is 13.6 Å². The zero-order chi connectivity index (χ0) is 15.3. The highest BCUT2D eigenvalue weighted by Crippen LogP contribution is 2.20. The number of hydrogen-bond acceptors (Lipinski definition) is 4. The predicted octanol–water partition coefficient (Wildman–Crippen LogP) is 1.23. The Morgan fingerprint density at radius 3 is 2.45 bits per heavy atom. The summed E-state index contributed by atoms with van der Waals surface area (Å²) in [6.45, 7) is -0.776. The van der Waals surface area contributed by atoms with Gasteiger partial charge >= 0.3 is 12.0 Å². The van der Waals surface area contributed by atoms with Gasteiger partial charge in [0, 0.05) is 7.05 Å². The maximum Gasteiger partial charge on any atom is 0.340 e. The Hall–Kier alpha value is -2.22. The van der Waals surface area contributed by atoms with Gasteiger partial charge in [0.15, 0.2) is 18.2 Å². The second-order valence-corrected chi connectivity index (χ2v) is 3.86. The van der Waals surface area contributed by atoms with Crippen molar-refractivity contribution < 1.29 is 27.9 Å². The average Bonchev–Trinajstić information content (AvgIpc) is 2.40. The highest BCUT2D eigenvalue weighted by Gasteiger charge is 2.17. The van der Waals surface area contributed by atoms with Crippen molar-refractivity contribution in [2.75, 3.05) is 13.7 Å². The minimum Gasteiger partial charge on any atom is -0.452 e. The van der Waals surface area contributed by atoms with E-state index in [-0.39, 0.29) is 5.02 Å². The van der Waals surface area contributed by atoms with Crippen LogP contribution in [-0.2, 0) is 9.53 Å². The molecule has 0 fully saturated rings. The molecule has 2 N–H and O–H groups in total. The summed E-state index contributed by atoms with van der Waals surface area (Å²) in [5, 5.41) is 3.59. The topological polar surface area (TPSA) is 84.5 Å². The zero-order valence-corrected chi connectivity index (χ0v) is 10.9. The van der Waals surface area contributed by atoms with Gasteiger partial charge in [0.1, 0.15) is 0 Å². The molecule has 0 bridgehead atoms. The molecule has 1 aromatic rings. The van der Waals surface area contributed by atoms with Crippen LogP contribution in [0.1, 0.15) is 10.4 Å². The Labute approximate surface area is 117 Å². The van der Waals surface area contributed by atoms with Gasteiger partial charge in [-0.3, -0.25) is 10.1 Å². The van der Waals surface area contributed by atoms with Crippen LogP contribution >= 0.6 is 11.6 Å². The van der Waals surface area contributed by atoms with Crippen molar-refractivity contribution in [2.24, 2.45) is 0 Å². The number of esters is 1. The third-order valence-corrected chi connectivity index (χ3v) is 2.36. The van der Waals surface area contributed by atoms with Crippen molar-refractivity contribution in [2.45, 2.75) is 0 Å². The van der Waals surface area contributed by atoms with Gasteiger partial charge in [-0.25, -0.2) is 18.4 Å². The van der Waals surface area contributed by atoms with E-state index in [2.05, 4.69) is 10.1 Å². The van der Waals surface area contributed by atoms with Crippen LogP contribution in [0.5, 0.6) is 0 Å². The molecule has 0 radical (unpaired) electrons. The number of urea groups is 1. The lowest BCUT2D eigenvalue weighted by Crippen LogP contribution is -2.39. The summed E-state index contributed by atoms with van der Waals surface area (Å²) < 4.78 is 30.3. The number of ether oxygens (including phenoxy) is 1. The number of amides is 3. The third-order valence-electron chi connectivity index (χ3n) is 2.04. The van der Waals surface area contributed by atoms with E-state index in [9.17, 15) is 23.2 Å². The smallest absolute Gasteiger partial charge is 0.340 e. The quantitative estimate of drug-likeness (QED) is 0.650. The molecule has 0 spiro atoms. The number of halogens is 3. The minimum atomic E-state index is -1.28. The number of imide groups is 1. The van der Waals surface area contributed by atoms with Gasteiger partial charge in [-0.05, 0) is 12.1 Å². The molecule has 0 atom stereocenters. The summed E-state index contributed by atoms with van der Waals surface area (Å²) in [5.74, 6) is -4.52. The van der Waals surface area contributed by atoms with Gasteiger partial charge < -0.3 is 10.1 Å². The Morgan fingerprint density at radius 2 is 1.85 bits per heavy atom. The number of carbonyl (C=O) groups excluding carboxylic acids is 3. The molecule has 0 saturated carbocycles. The van der Waals surface area contributed by atoms with Gasteiger partial charge in [0.25, 0.3) is 5.91 Å². The highest BCUT2D eigenvalue weighted by molar-refractivity contribution is 6.33. The highest BCUT2D eigenvalue weighted by atomic mass is 35.5. The van der Waals surface area contributed by atoms with E-state index in [0.29, 0.717) is 12.1 Å².